The molecule has 4 aromatic rings. The lowest BCUT2D eigenvalue weighted by atomic mass is 10.2. The number of rotatable bonds is 4. The van der Waals surface area contributed by atoms with Crippen molar-refractivity contribution in [3.63, 3.8) is 0 Å². The van der Waals surface area contributed by atoms with Crippen molar-refractivity contribution in [2.45, 2.75) is 10.9 Å². The molecule has 0 saturated carbocycles. The van der Waals surface area contributed by atoms with E-state index in [2.05, 4.69) is 20.3 Å². The second-order valence-electron chi connectivity index (χ2n) is 5.25. The fraction of sp³-hybridized carbons (Fsp3) is 0.0588. The van der Waals surface area contributed by atoms with E-state index in [0.717, 1.165) is 11.8 Å². The van der Waals surface area contributed by atoms with Gasteiger partial charge in [0, 0.05) is 18.0 Å². The zero-order valence-corrected chi connectivity index (χ0v) is 13.6. The lowest BCUT2D eigenvalue weighted by Crippen LogP contribution is -1.97. The summed E-state index contributed by atoms with van der Waals surface area (Å²) in [7, 11) is 0. The van der Waals surface area contributed by atoms with E-state index in [4.69, 9.17) is 0 Å². The van der Waals surface area contributed by atoms with E-state index in [-0.39, 0.29) is 0 Å². The van der Waals surface area contributed by atoms with Gasteiger partial charge in [0.1, 0.15) is 17.3 Å². The minimum absolute atomic E-state index is 0.352. The van der Waals surface area contributed by atoms with Crippen LogP contribution in [0.2, 0.25) is 0 Å². The third-order valence-electron chi connectivity index (χ3n) is 3.45. The monoisotopic (exact) mass is 355 g/mol. The van der Waals surface area contributed by atoms with Crippen LogP contribution < -0.4 is 0 Å². The predicted molar refractivity (Wildman–Crippen MR) is 89.9 cm³/mol. The van der Waals surface area contributed by atoms with Crippen LogP contribution in [-0.2, 0) is 5.75 Å². The number of pyridine rings is 1. The Balaban J connectivity index is 1.63. The van der Waals surface area contributed by atoms with E-state index in [1.165, 1.54) is 23.9 Å². The Bertz CT molecular complexity index is 1020. The predicted octanol–water partition coefficient (Wildman–Crippen LogP) is 3.76. The van der Waals surface area contributed by atoms with Crippen LogP contribution >= 0.6 is 11.8 Å². The van der Waals surface area contributed by atoms with Crippen molar-refractivity contribution in [3.05, 3.63) is 71.9 Å². The van der Waals surface area contributed by atoms with Crippen LogP contribution in [0.25, 0.3) is 17.0 Å². The van der Waals surface area contributed by atoms with Gasteiger partial charge in [-0.25, -0.2) is 8.78 Å². The molecule has 0 saturated heterocycles. The van der Waals surface area contributed by atoms with Crippen molar-refractivity contribution >= 4 is 17.4 Å². The minimum atomic E-state index is -0.600. The van der Waals surface area contributed by atoms with E-state index >= 15 is 0 Å². The summed E-state index contributed by atoms with van der Waals surface area (Å²) in [6, 6.07) is 12.6. The maximum atomic E-state index is 13.3. The first-order valence-electron chi connectivity index (χ1n) is 7.41. The first kappa shape index (κ1) is 15.6. The quantitative estimate of drug-likeness (QED) is 0.522. The molecule has 5 nitrogen and oxygen atoms in total. The van der Waals surface area contributed by atoms with Crippen LogP contribution in [-0.4, -0.2) is 24.8 Å². The van der Waals surface area contributed by atoms with Crippen LogP contribution in [0, 0.1) is 11.6 Å². The van der Waals surface area contributed by atoms with Crippen molar-refractivity contribution in [2.24, 2.45) is 0 Å². The fourth-order valence-electron chi connectivity index (χ4n) is 2.35. The summed E-state index contributed by atoms with van der Waals surface area (Å²) in [4.78, 5) is 4.28. The molecular weight excluding hydrogens is 344 g/mol. The molecule has 0 unspecified atom stereocenters. The third-order valence-corrected chi connectivity index (χ3v) is 4.44. The van der Waals surface area contributed by atoms with Gasteiger partial charge in [-0.1, -0.05) is 17.8 Å². The highest BCUT2D eigenvalue weighted by atomic mass is 32.2. The second kappa shape index (κ2) is 6.56. The summed E-state index contributed by atoms with van der Waals surface area (Å²) in [5, 5.41) is 13.2. The van der Waals surface area contributed by atoms with Gasteiger partial charge in [-0.05, 0) is 42.0 Å². The molecule has 0 aliphatic heterocycles. The Morgan fingerprint density at radius 3 is 2.52 bits per heavy atom. The van der Waals surface area contributed by atoms with Crippen molar-refractivity contribution in [3.8, 4) is 11.4 Å². The number of hydrogen-bond acceptors (Lipinski definition) is 5. The van der Waals surface area contributed by atoms with E-state index < -0.39 is 11.6 Å². The lowest BCUT2D eigenvalue weighted by molar-refractivity contribution is 0.581. The minimum Gasteiger partial charge on any atom is -0.255 e. The molecule has 0 bridgehead atoms. The van der Waals surface area contributed by atoms with Gasteiger partial charge < -0.3 is 0 Å². The Morgan fingerprint density at radius 2 is 1.76 bits per heavy atom. The molecule has 0 spiro atoms. The third kappa shape index (κ3) is 3.34. The molecule has 8 heteroatoms. The van der Waals surface area contributed by atoms with Gasteiger partial charge in [-0.15, -0.1) is 10.2 Å². The lowest BCUT2D eigenvalue weighted by Gasteiger charge is -2.03. The summed E-state index contributed by atoms with van der Waals surface area (Å²) in [5.41, 5.74) is 2.54. The van der Waals surface area contributed by atoms with E-state index in [1.54, 1.807) is 16.8 Å². The zero-order valence-electron chi connectivity index (χ0n) is 12.8. The Morgan fingerprint density at radius 1 is 0.920 bits per heavy atom. The van der Waals surface area contributed by atoms with Crippen LogP contribution in [0.1, 0.15) is 5.56 Å². The van der Waals surface area contributed by atoms with Crippen LogP contribution in [0.4, 0.5) is 8.78 Å². The topological polar surface area (TPSA) is 56.0 Å². The van der Waals surface area contributed by atoms with Crippen molar-refractivity contribution in [2.75, 3.05) is 0 Å². The maximum Gasteiger partial charge on any atom is 0.212 e. The highest BCUT2D eigenvalue weighted by Gasteiger charge is 2.11. The normalized spacial score (nSPS) is 11.1. The molecule has 0 radical (unpaired) electrons. The highest BCUT2D eigenvalue weighted by Crippen LogP contribution is 2.23. The summed E-state index contributed by atoms with van der Waals surface area (Å²) in [5.74, 6) is -0.847. The molecule has 0 amide bonds. The van der Waals surface area contributed by atoms with Crippen molar-refractivity contribution < 1.29 is 8.78 Å². The second-order valence-corrected chi connectivity index (χ2v) is 6.19. The van der Waals surface area contributed by atoms with Gasteiger partial charge in [0.15, 0.2) is 5.65 Å². The summed E-state index contributed by atoms with van der Waals surface area (Å²) >= 11 is 1.30. The highest BCUT2D eigenvalue weighted by molar-refractivity contribution is 7.98. The number of hydrogen-bond donors (Lipinski definition) is 0. The molecule has 3 heterocycles. The first-order chi connectivity index (χ1) is 12.2. The van der Waals surface area contributed by atoms with E-state index in [1.807, 2.05) is 24.3 Å². The van der Waals surface area contributed by atoms with Crippen LogP contribution in [0.5, 0.6) is 0 Å². The zero-order chi connectivity index (χ0) is 17.2. The van der Waals surface area contributed by atoms with Gasteiger partial charge in [-0.3, -0.25) is 4.98 Å². The maximum absolute atomic E-state index is 13.3. The molecular formula is C17H11F2N5S. The largest absolute Gasteiger partial charge is 0.255 e. The van der Waals surface area contributed by atoms with Crippen LogP contribution in [0.15, 0.2) is 59.9 Å². The fourth-order valence-corrected chi connectivity index (χ4v) is 3.17. The SMILES string of the molecule is Fc1cc(F)cc(CSc2nnc3ccc(-c4ccccn4)nn23)c1. The molecule has 124 valence electrons. The summed E-state index contributed by atoms with van der Waals surface area (Å²) in [6.45, 7) is 0. The van der Waals surface area contributed by atoms with Crippen molar-refractivity contribution in [1.29, 1.82) is 0 Å². The molecule has 0 aliphatic rings. The average Bonchev–Trinajstić information content (AvgIpc) is 3.02. The van der Waals surface area contributed by atoms with Crippen LogP contribution in [0.3, 0.4) is 0 Å². The standard InChI is InChI=1S/C17H11F2N5S/c18-12-7-11(8-13(19)9-12)10-25-17-22-21-16-5-4-15(23-24(16)17)14-3-1-2-6-20-14/h1-9H,10H2. The van der Waals surface area contributed by atoms with E-state index in [0.29, 0.717) is 27.8 Å². The van der Waals surface area contributed by atoms with Gasteiger partial charge in [0.05, 0.1) is 5.69 Å². The number of benzene rings is 1. The number of aromatic nitrogens is 5. The molecule has 4 rings (SSSR count). The molecule has 0 fully saturated rings. The summed E-state index contributed by atoms with van der Waals surface area (Å²) < 4.78 is 28.2. The average molecular weight is 355 g/mol. The number of fused-ring (bicyclic) bond motifs is 1. The van der Waals surface area contributed by atoms with E-state index in [9.17, 15) is 8.78 Å². The van der Waals surface area contributed by atoms with Gasteiger partial charge in [0.2, 0.25) is 5.16 Å². The molecule has 0 N–H and O–H groups in total. The smallest absolute Gasteiger partial charge is 0.212 e. The molecule has 25 heavy (non-hydrogen) atoms. The Kier molecular flexibility index (Phi) is 4.10. The molecule has 0 aliphatic carbocycles. The first-order valence-corrected chi connectivity index (χ1v) is 8.39. The number of halogens is 2. The number of nitrogens with zero attached hydrogens (tertiary/aromatic N) is 5. The summed E-state index contributed by atoms with van der Waals surface area (Å²) in [6.07, 6.45) is 1.70. The van der Waals surface area contributed by atoms with Gasteiger partial charge in [0.25, 0.3) is 0 Å². The van der Waals surface area contributed by atoms with Crippen molar-refractivity contribution in [1.82, 2.24) is 24.8 Å². The number of thioether (sulfide) groups is 1. The molecule has 3 aromatic heterocycles. The molecule has 0 atom stereocenters. The Labute approximate surface area is 145 Å². The Hall–Kier alpha value is -2.87. The molecule has 1 aromatic carbocycles. The van der Waals surface area contributed by atoms with Gasteiger partial charge >= 0.3 is 0 Å². The van der Waals surface area contributed by atoms with Gasteiger partial charge in [-0.2, -0.15) is 9.61 Å².